The molecule has 1 aliphatic rings. The van der Waals surface area contributed by atoms with Gasteiger partial charge in [0.1, 0.15) is 16.2 Å². The van der Waals surface area contributed by atoms with Crippen LogP contribution in [0.25, 0.3) is 4.96 Å². The Hall–Kier alpha value is -1.55. The lowest BCUT2D eigenvalue weighted by Gasteiger charge is -2.30. The molecule has 0 bridgehead atoms. The van der Waals surface area contributed by atoms with Crippen molar-refractivity contribution in [3.63, 3.8) is 0 Å². The summed E-state index contributed by atoms with van der Waals surface area (Å²) in [4.78, 5) is 0.931. The lowest BCUT2D eigenvalue weighted by Crippen LogP contribution is -2.38. The summed E-state index contributed by atoms with van der Waals surface area (Å²) in [6.07, 6.45) is 3.04. The van der Waals surface area contributed by atoms with E-state index in [4.69, 9.17) is 11.6 Å². The van der Waals surface area contributed by atoms with Crippen molar-refractivity contribution in [2.75, 3.05) is 13.1 Å². The normalized spacial score (nSPS) is 17.5. The van der Waals surface area contributed by atoms with Crippen LogP contribution in [0, 0.1) is 0 Å². The molecule has 0 atom stereocenters. The molecule has 0 N–H and O–H groups in total. The molecule has 2 aromatic heterocycles. The summed E-state index contributed by atoms with van der Waals surface area (Å²) in [6.45, 7) is 0.913. The maximum absolute atomic E-state index is 12.8. The van der Waals surface area contributed by atoms with Crippen LogP contribution in [0.3, 0.4) is 0 Å². The van der Waals surface area contributed by atoms with E-state index in [1.54, 1.807) is 35.1 Å². The summed E-state index contributed by atoms with van der Waals surface area (Å²) in [7, 11) is -3.56. The number of halogens is 1. The van der Waals surface area contributed by atoms with Gasteiger partial charge >= 0.3 is 0 Å². The van der Waals surface area contributed by atoms with Gasteiger partial charge in [-0.15, -0.1) is 10.2 Å². The quantitative estimate of drug-likeness (QED) is 0.693. The third-order valence-electron chi connectivity index (χ3n) is 4.16. The van der Waals surface area contributed by atoms with Crippen LogP contribution in [0.4, 0.5) is 0 Å². The first-order chi connectivity index (χ1) is 11.6. The van der Waals surface area contributed by atoms with Crippen LogP contribution >= 0.6 is 22.9 Å². The molecule has 1 aromatic carbocycles. The van der Waals surface area contributed by atoms with Crippen molar-refractivity contribution in [2.45, 2.75) is 23.7 Å². The second-order valence-electron chi connectivity index (χ2n) is 5.61. The first-order valence-corrected chi connectivity index (χ1v) is 10.1. The van der Waals surface area contributed by atoms with E-state index in [1.165, 1.54) is 15.6 Å². The molecule has 0 aliphatic carbocycles. The van der Waals surface area contributed by atoms with Crippen LogP contribution in [0.5, 0.6) is 0 Å². The third kappa shape index (κ3) is 2.71. The Morgan fingerprint density at radius 3 is 2.67 bits per heavy atom. The van der Waals surface area contributed by atoms with Gasteiger partial charge in [0.2, 0.25) is 15.0 Å². The van der Waals surface area contributed by atoms with Crippen LogP contribution < -0.4 is 0 Å². The van der Waals surface area contributed by atoms with Crippen molar-refractivity contribution in [2.24, 2.45) is 0 Å². The van der Waals surface area contributed by atoms with Gasteiger partial charge in [0.25, 0.3) is 0 Å². The van der Waals surface area contributed by atoms with Crippen molar-refractivity contribution in [3.05, 3.63) is 40.6 Å². The third-order valence-corrected chi connectivity index (χ3v) is 7.63. The number of hydrogen-bond acceptors (Lipinski definition) is 6. The highest BCUT2D eigenvalue weighted by atomic mass is 35.5. The van der Waals surface area contributed by atoms with E-state index in [1.807, 2.05) is 0 Å². The zero-order valence-electron chi connectivity index (χ0n) is 12.5. The molecule has 1 fully saturated rings. The zero-order valence-corrected chi connectivity index (χ0v) is 14.9. The molecule has 7 nitrogen and oxygen atoms in total. The number of fused-ring (bicyclic) bond motifs is 1. The molecule has 0 amide bonds. The van der Waals surface area contributed by atoms with E-state index < -0.39 is 10.0 Å². The molecule has 0 saturated carbocycles. The van der Waals surface area contributed by atoms with E-state index >= 15 is 0 Å². The molecule has 1 saturated heterocycles. The standard InChI is InChI=1S/C14H14ClN5O2S2/c15-11-3-1-2-4-12(11)24(21,22)19-7-5-10(6-8-19)13-18-20-9-16-17-14(20)23-13/h1-4,9-10H,5-8H2. The fourth-order valence-corrected chi connectivity index (χ4v) is 5.83. The summed E-state index contributed by atoms with van der Waals surface area (Å²) in [6, 6.07) is 6.55. The summed E-state index contributed by atoms with van der Waals surface area (Å²) < 4.78 is 28.7. The van der Waals surface area contributed by atoms with Crippen molar-refractivity contribution >= 4 is 37.9 Å². The van der Waals surface area contributed by atoms with Gasteiger partial charge in [-0.25, -0.2) is 8.42 Å². The van der Waals surface area contributed by atoms with Crippen molar-refractivity contribution in [1.29, 1.82) is 0 Å². The predicted molar refractivity (Wildman–Crippen MR) is 90.8 cm³/mol. The largest absolute Gasteiger partial charge is 0.244 e. The van der Waals surface area contributed by atoms with Gasteiger partial charge in [0, 0.05) is 19.0 Å². The highest BCUT2D eigenvalue weighted by Crippen LogP contribution is 2.33. The first-order valence-electron chi connectivity index (χ1n) is 7.47. The maximum atomic E-state index is 12.8. The molecule has 0 unspecified atom stereocenters. The van der Waals surface area contributed by atoms with Crippen molar-refractivity contribution in [1.82, 2.24) is 24.1 Å². The number of sulfonamides is 1. The highest BCUT2D eigenvalue weighted by Gasteiger charge is 2.32. The second-order valence-corrected chi connectivity index (χ2v) is 8.91. The molecule has 3 heterocycles. The van der Waals surface area contributed by atoms with Crippen molar-refractivity contribution < 1.29 is 8.42 Å². The Labute approximate surface area is 147 Å². The highest BCUT2D eigenvalue weighted by molar-refractivity contribution is 7.89. The lowest BCUT2D eigenvalue weighted by atomic mass is 9.99. The van der Waals surface area contributed by atoms with Crippen LogP contribution in [-0.2, 0) is 10.0 Å². The van der Waals surface area contributed by atoms with E-state index in [0.29, 0.717) is 13.1 Å². The average molecular weight is 384 g/mol. The zero-order chi connectivity index (χ0) is 16.7. The average Bonchev–Trinajstić information content (AvgIpc) is 3.17. The number of nitrogens with zero attached hydrogens (tertiary/aromatic N) is 5. The van der Waals surface area contributed by atoms with Gasteiger partial charge in [0.05, 0.1) is 5.02 Å². The molecule has 10 heteroatoms. The maximum Gasteiger partial charge on any atom is 0.244 e. The monoisotopic (exact) mass is 383 g/mol. The minimum absolute atomic E-state index is 0.170. The predicted octanol–water partition coefficient (Wildman–Crippen LogP) is 2.41. The van der Waals surface area contributed by atoms with Crippen LogP contribution in [0.2, 0.25) is 5.02 Å². The molecule has 4 rings (SSSR count). The lowest BCUT2D eigenvalue weighted by molar-refractivity contribution is 0.318. The fourth-order valence-electron chi connectivity index (χ4n) is 2.88. The molecule has 3 aromatic rings. The van der Waals surface area contributed by atoms with Crippen LogP contribution in [-0.4, -0.2) is 45.6 Å². The van der Waals surface area contributed by atoms with Gasteiger partial charge in [-0.2, -0.15) is 13.9 Å². The Balaban J connectivity index is 1.51. The minimum Gasteiger partial charge on any atom is -0.207 e. The Morgan fingerprint density at radius 1 is 1.21 bits per heavy atom. The number of benzene rings is 1. The number of aromatic nitrogens is 4. The molecular formula is C14H14ClN5O2S2. The second kappa shape index (κ2) is 6.07. The molecule has 24 heavy (non-hydrogen) atoms. The molecule has 0 spiro atoms. The number of rotatable bonds is 3. The van der Waals surface area contributed by atoms with Gasteiger partial charge in [-0.1, -0.05) is 35.1 Å². The Bertz CT molecular complexity index is 947. The SMILES string of the molecule is O=S(=O)(c1ccccc1Cl)N1CCC(c2nn3cnnc3s2)CC1. The molecule has 1 aliphatic heterocycles. The smallest absolute Gasteiger partial charge is 0.207 e. The van der Waals surface area contributed by atoms with Crippen LogP contribution in [0.15, 0.2) is 35.5 Å². The summed E-state index contributed by atoms with van der Waals surface area (Å²) in [5.41, 5.74) is 0. The number of piperidine rings is 1. The molecule has 126 valence electrons. The number of hydrogen-bond donors (Lipinski definition) is 0. The van der Waals surface area contributed by atoms with Gasteiger partial charge in [0.15, 0.2) is 0 Å². The minimum atomic E-state index is -3.56. The summed E-state index contributed by atoms with van der Waals surface area (Å²) >= 11 is 7.56. The van der Waals surface area contributed by atoms with E-state index in [0.717, 1.165) is 22.8 Å². The Kier molecular flexibility index (Phi) is 4.03. The van der Waals surface area contributed by atoms with Gasteiger partial charge < -0.3 is 0 Å². The van der Waals surface area contributed by atoms with Gasteiger partial charge in [-0.3, -0.25) is 0 Å². The fraction of sp³-hybridized carbons (Fsp3) is 0.357. The van der Waals surface area contributed by atoms with E-state index in [2.05, 4.69) is 15.3 Å². The molecule has 0 radical (unpaired) electrons. The van der Waals surface area contributed by atoms with Crippen molar-refractivity contribution in [3.8, 4) is 0 Å². The summed E-state index contributed by atoms with van der Waals surface area (Å²) in [5.74, 6) is 0.245. The van der Waals surface area contributed by atoms with E-state index in [-0.39, 0.29) is 15.8 Å². The first kappa shape index (κ1) is 15.9. The topological polar surface area (TPSA) is 80.5 Å². The van der Waals surface area contributed by atoms with Crippen LogP contribution in [0.1, 0.15) is 23.8 Å². The Morgan fingerprint density at radius 2 is 1.96 bits per heavy atom. The van der Waals surface area contributed by atoms with E-state index in [9.17, 15) is 8.42 Å². The summed E-state index contributed by atoms with van der Waals surface area (Å²) in [5, 5.41) is 13.5. The molecular weight excluding hydrogens is 370 g/mol. The van der Waals surface area contributed by atoms with Gasteiger partial charge in [-0.05, 0) is 25.0 Å².